The number of nitrogens with zero attached hydrogens (tertiary/aromatic N) is 2. The Morgan fingerprint density at radius 2 is 1.76 bits per heavy atom. The van der Waals surface area contributed by atoms with Crippen molar-refractivity contribution in [3.05, 3.63) is 43.3 Å². The molecule has 9 heteroatoms. The quantitative estimate of drug-likeness (QED) is 0.595. The van der Waals surface area contributed by atoms with E-state index in [0.29, 0.717) is 26.3 Å². The number of carbonyl (C=O) groups excluding carboxylic acids is 2. The maximum Gasteiger partial charge on any atom is 0.333 e. The molecule has 0 aliphatic carbocycles. The maximum atomic E-state index is 12.9. The highest BCUT2D eigenvalue weighted by molar-refractivity contribution is 7.07. The smallest absolute Gasteiger partial charge is 0.333 e. The minimum Gasteiger partial charge on any atom is -0.497 e. The van der Waals surface area contributed by atoms with Crippen LogP contribution in [0.4, 0.5) is 0 Å². The first-order valence-electron chi connectivity index (χ1n) is 8.82. The van der Waals surface area contributed by atoms with E-state index in [1.165, 1.54) is 29.8 Å². The average molecular weight is 420 g/mol. The summed E-state index contributed by atoms with van der Waals surface area (Å²) < 4.78 is 17.4. The van der Waals surface area contributed by atoms with E-state index < -0.39 is 5.97 Å². The molecule has 0 N–H and O–H groups in total. The van der Waals surface area contributed by atoms with Gasteiger partial charge < -0.3 is 19.1 Å². The molecule has 0 atom stereocenters. The average Bonchev–Trinajstić information content (AvgIpc) is 2.96. The predicted octanol–water partition coefficient (Wildman–Crippen LogP) is 0.188. The Morgan fingerprint density at radius 3 is 2.28 bits per heavy atom. The van der Waals surface area contributed by atoms with Crippen LogP contribution in [-0.2, 0) is 20.9 Å². The zero-order chi connectivity index (χ0) is 21.6. The molecule has 0 aliphatic rings. The molecule has 1 amide bonds. The van der Waals surface area contributed by atoms with Crippen LogP contribution >= 0.6 is 11.3 Å². The van der Waals surface area contributed by atoms with Crippen molar-refractivity contribution < 1.29 is 23.8 Å². The van der Waals surface area contributed by atoms with Crippen LogP contribution in [0, 0.1) is 0 Å². The fourth-order valence-corrected chi connectivity index (χ4v) is 3.45. The molecule has 1 heterocycles. The van der Waals surface area contributed by atoms with Gasteiger partial charge in [0.2, 0.25) is 5.91 Å². The Kier molecular flexibility index (Phi) is 7.60. The summed E-state index contributed by atoms with van der Waals surface area (Å²) >= 11 is 1.10. The van der Waals surface area contributed by atoms with Gasteiger partial charge in [0.15, 0.2) is 0 Å². The highest BCUT2D eigenvalue weighted by atomic mass is 32.1. The second kappa shape index (κ2) is 9.92. The van der Waals surface area contributed by atoms with Crippen molar-refractivity contribution >= 4 is 35.4 Å². The highest BCUT2D eigenvalue weighted by Gasteiger charge is 2.12. The van der Waals surface area contributed by atoms with E-state index in [9.17, 15) is 14.4 Å². The summed E-state index contributed by atoms with van der Waals surface area (Å²) in [6.45, 7) is 1.73. The normalized spacial score (nSPS) is 12.0. The number of likely N-dealkylation sites (N-methyl/N-ethyl adjacent to an activating group) is 1. The van der Waals surface area contributed by atoms with Gasteiger partial charge in [-0.05, 0) is 30.7 Å². The molecule has 29 heavy (non-hydrogen) atoms. The lowest BCUT2D eigenvalue weighted by Gasteiger charge is -2.10. The fraction of sp³-hybridized carbons (Fsp3) is 0.350. The lowest BCUT2D eigenvalue weighted by atomic mass is 10.2. The topological polar surface area (TPSA) is 87.1 Å². The molecule has 2 aromatic rings. The molecule has 8 nitrogen and oxygen atoms in total. The number of hydrogen-bond acceptors (Lipinski definition) is 7. The first-order valence-corrected chi connectivity index (χ1v) is 9.63. The Bertz CT molecular complexity index is 1050. The molecule has 156 valence electrons. The van der Waals surface area contributed by atoms with Crippen LogP contribution in [0.15, 0.2) is 23.0 Å². The monoisotopic (exact) mass is 420 g/mol. The second-order valence-electron chi connectivity index (χ2n) is 6.17. The summed E-state index contributed by atoms with van der Waals surface area (Å²) in [7, 11) is 6.28. The molecule has 0 bridgehead atoms. The summed E-state index contributed by atoms with van der Waals surface area (Å²) in [4.78, 5) is 38.4. The molecular weight excluding hydrogens is 396 g/mol. The number of thiazole rings is 1. The van der Waals surface area contributed by atoms with E-state index in [1.807, 2.05) is 0 Å². The molecule has 0 saturated carbocycles. The number of ether oxygens (including phenoxy) is 3. The van der Waals surface area contributed by atoms with Crippen LogP contribution in [0.2, 0.25) is 0 Å². The Hall–Kier alpha value is -3.07. The lowest BCUT2D eigenvalue weighted by molar-refractivity contribution is -0.135. The van der Waals surface area contributed by atoms with Crippen molar-refractivity contribution in [2.24, 2.45) is 0 Å². The van der Waals surface area contributed by atoms with Crippen molar-refractivity contribution in [2.45, 2.75) is 13.5 Å². The number of carbonyl (C=O) groups is 2. The zero-order valence-electron chi connectivity index (χ0n) is 17.1. The third kappa shape index (κ3) is 5.71. The summed E-state index contributed by atoms with van der Waals surface area (Å²) in [5.74, 6) is 0.314. The van der Waals surface area contributed by atoms with Crippen LogP contribution in [-0.4, -0.2) is 56.3 Å². The van der Waals surface area contributed by atoms with E-state index in [2.05, 4.69) is 0 Å². The number of methoxy groups -OCH3 is 2. The van der Waals surface area contributed by atoms with Gasteiger partial charge in [0, 0.05) is 20.2 Å². The van der Waals surface area contributed by atoms with Crippen molar-refractivity contribution in [3.8, 4) is 11.5 Å². The van der Waals surface area contributed by atoms with E-state index in [4.69, 9.17) is 14.2 Å². The minimum absolute atomic E-state index is 0.178. The Balaban J connectivity index is 2.66. The van der Waals surface area contributed by atoms with E-state index >= 15 is 0 Å². The van der Waals surface area contributed by atoms with Gasteiger partial charge in [-0.2, -0.15) is 0 Å². The van der Waals surface area contributed by atoms with Gasteiger partial charge >= 0.3 is 5.97 Å². The SMILES string of the molecule is CCOC(=O)/C=c1\s/c(=C\c2cc(OC)cc(OC)c2)c(=O)n1CC(=O)N(C)C. The van der Waals surface area contributed by atoms with Crippen LogP contribution in [0.1, 0.15) is 12.5 Å². The third-order valence-corrected chi connectivity index (χ3v) is 4.99. The molecule has 1 aromatic heterocycles. The van der Waals surface area contributed by atoms with Gasteiger partial charge in [0.1, 0.15) is 22.7 Å². The number of esters is 1. The molecular formula is C20H24N2O6S. The third-order valence-electron chi connectivity index (χ3n) is 3.93. The van der Waals surface area contributed by atoms with Crippen LogP contribution in [0.3, 0.4) is 0 Å². The largest absolute Gasteiger partial charge is 0.497 e. The van der Waals surface area contributed by atoms with Gasteiger partial charge in [0.05, 0.1) is 31.4 Å². The number of hydrogen-bond donors (Lipinski definition) is 0. The molecule has 0 radical (unpaired) electrons. The maximum absolute atomic E-state index is 12.9. The van der Waals surface area contributed by atoms with E-state index in [1.54, 1.807) is 45.3 Å². The van der Waals surface area contributed by atoms with Crippen molar-refractivity contribution in [1.82, 2.24) is 9.47 Å². The van der Waals surface area contributed by atoms with Gasteiger partial charge in [-0.15, -0.1) is 11.3 Å². The zero-order valence-corrected chi connectivity index (χ0v) is 17.9. The molecule has 0 saturated heterocycles. The second-order valence-corrected chi connectivity index (χ2v) is 7.23. The molecule has 0 spiro atoms. The van der Waals surface area contributed by atoms with Gasteiger partial charge in [-0.25, -0.2) is 4.79 Å². The summed E-state index contributed by atoms with van der Waals surface area (Å²) in [5, 5.41) is 0. The van der Waals surface area contributed by atoms with Crippen LogP contribution < -0.4 is 24.2 Å². The summed E-state index contributed by atoms with van der Waals surface area (Å²) in [6, 6.07) is 5.23. The van der Waals surface area contributed by atoms with Crippen molar-refractivity contribution in [3.63, 3.8) is 0 Å². The first kappa shape index (κ1) is 22.2. The minimum atomic E-state index is -0.575. The number of aromatic nitrogens is 1. The first-order chi connectivity index (χ1) is 13.8. The van der Waals surface area contributed by atoms with Crippen molar-refractivity contribution in [1.29, 1.82) is 0 Å². The van der Waals surface area contributed by atoms with Gasteiger partial charge in [0.25, 0.3) is 5.56 Å². The predicted molar refractivity (Wildman–Crippen MR) is 111 cm³/mol. The Labute approximate surface area is 172 Å². The van der Waals surface area contributed by atoms with Crippen LogP contribution in [0.5, 0.6) is 11.5 Å². The summed E-state index contributed by atoms with van der Waals surface area (Å²) in [5.41, 5.74) is 0.316. The Morgan fingerprint density at radius 1 is 1.14 bits per heavy atom. The van der Waals surface area contributed by atoms with E-state index in [0.717, 1.165) is 11.3 Å². The molecule has 0 aliphatic heterocycles. The summed E-state index contributed by atoms with van der Waals surface area (Å²) in [6.07, 6.45) is 2.89. The number of benzene rings is 1. The number of amides is 1. The highest BCUT2D eigenvalue weighted by Crippen LogP contribution is 2.22. The fourth-order valence-electron chi connectivity index (χ4n) is 2.42. The number of rotatable bonds is 7. The van der Waals surface area contributed by atoms with Gasteiger partial charge in [-0.3, -0.25) is 14.2 Å². The molecule has 0 unspecified atom stereocenters. The lowest BCUT2D eigenvalue weighted by Crippen LogP contribution is -2.38. The standard InChI is InChI=1S/C20H24N2O6S/c1-6-28-19(24)11-18-22(12-17(23)21(2)3)20(25)16(29-18)9-13-7-14(26-4)10-15(8-13)27-5/h7-11H,6,12H2,1-5H3/b16-9-,18-11-. The van der Waals surface area contributed by atoms with Gasteiger partial charge in [-0.1, -0.05) is 0 Å². The van der Waals surface area contributed by atoms with Crippen molar-refractivity contribution in [2.75, 3.05) is 34.9 Å². The molecule has 0 fully saturated rings. The van der Waals surface area contributed by atoms with E-state index in [-0.39, 0.29) is 24.6 Å². The van der Waals surface area contributed by atoms with Crippen LogP contribution in [0.25, 0.3) is 12.2 Å². The molecule has 2 rings (SSSR count). The molecule has 1 aromatic carbocycles.